The van der Waals surface area contributed by atoms with Crippen molar-refractivity contribution < 1.29 is 4.74 Å². The predicted molar refractivity (Wildman–Crippen MR) is 53.9 cm³/mol. The lowest BCUT2D eigenvalue weighted by Crippen LogP contribution is -2.00. The van der Waals surface area contributed by atoms with Gasteiger partial charge in [0.15, 0.2) is 0 Å². The quantitative estimate of drug-likeness (QED) is 0.449. The molecular weight excluding hydrogens is 148 g/mol. The molecule has 0 atom stereocenters. The van der Waals surface area contributed by atoms with Gasteiger partial charge < -0.3 is 4.74 Å². The Morgan fingerprint density at radius 2 is 2.17 bits per heavy atom. The van der Waals surface area contributed by atoms with Gasteiger partial charge in [0.1, 0.15) is 5.76 Å². The van der Waals surface area contributed by atoms with Gasteiger partial charge in [-0.05, 0) is 32.4 Å². The highest BCUT2D eigenvalue weighted by molar-refractivity contribution is 5.16. The van der Waals surface area contributed by atoms with Crippen LogP contribution < -0.4 is 0 Å². The van der Waals surface area contributed by atoms with E-state index in [1.54, 1.807) is 6.08 Å². The van der Waals surface area contributed by atoms with Gasteiger partial charge >= 0.3 is 0 Å². The van der Waals surface area contributed by atoms with Crippen LogP contribution in [0.5, 0.6) is 0 Å². The molecule has 0 aliphatic carbocycles. The third kappa shape index (κ3) is 5.78. The van der Waals surface area contributed by atoms with Gasteiger partial charge in [-0.3, -0.25) is 0 Å². The molecule has 0 N–H and O–H groups in total. The molecule has 0 spiro atoms. The fourth-order valence-electron chi connectivity index (χ4n) is 0.792. The summed E-state index contributed by atoms with van der Waals surface area (Å²) in [6.07, 6.45) is 8.83. The molecule has 0 aliphatic rings. The van der Waals surface area contributed by atoms with Crippen LogP contribution in [0.2, 0.25) is 0 Å². The second-order valence-electron chi connectivity index (χ2n) is 2.78. The molecular formula is C11H18O. The zero-order valence-electron chi connectivity index (χ0n) is 8.21. The molecule has 0 aromatic carbocycles. The summed E-state index contributed by atoms with van der Waals surface area (Å²) < 4.78 is 5.52. The maximum Gasteiger partial charge on any atom is 0.115 e. The fraction of sp³-hybridized carbons (Fsp3) is 0.455. The third-order valence-electron chi connectivity index (χ3n) is 1.17. The number of ether oxygens (including phenoxy) is 1. The monoisotopic (exact) mass is 166 g/mol. The third-order valence-corrected chi connectivity index (χ3v) is 1.17. The van der Waals surface area contributed by atoms with Gasteiger partial charge in [0, 0.05) is 0 Å². The number of hydrogen-bond acceptors (Lipinski definition) is 1. The van der Waals surface area contributed by atoms with Gasteiger partial charge in [-0.1, -0.05) is 25.7 Å². The molecule has 12 heavy (non-hydrogen) atoms. The Bertz CT molecular complexity index is 175. The Hall–Kier alpha value is -0.980. The molecule has 0 heterocycles. The number of rotatable bonds is 5. The van der Waals surface area contributed by atoms with Crippen molar-refractivity contribution in [2.24, 2.45) is 0 Å². The van der Waals surface area contributed by atoms with Crippen molar-refractivity contribution in [3.05, 3.63) is 36.6 Å². The van der Waals surface area contributed by atoms with E-state index in [0.717, 1.165) is 12.2 Å². The molecule has 1 nitrogen and oxygen atoms in total. The largest absolute Gasteiger partial charge is 0.491 e. The first-order valence-electron chi connectivity index (χ1n) is 4.36. The van der Waals surface area contributed by atoms with E-state index < -0.39 is 0 Å². The summed E-state index contributed by atoms with van der Waals surface area (Å²) in [5.74, 6) is 0.924. The highest BCUT2D eigenvalue weighted by Gasteiger charge is 1.94. The molecule has 0 unspecified atom stereocenters. The Morgan fingerprint density at radius 3 is 2.58 bits per heavy atom. The van der Waals surface area contributed by atoms with E-state index in [1.165, 1.54) is 0 Å². The van der Waals surface area contributed by atoms with E-state index in [2.05, 4.69) is 19.6 Å². The van der Waals surface area contributed by atoms with Crippen molar-refractivity contribution in [3.8, 4) is 0 Å². The molecule has 0 aromatic rings. The van der Waals surface area contributed by atoms with Gasteiger partial charge in [0.25, 0.3) is 0 Å². The Balaban J connectivity index is 4.13. The van der Waals surface area contributed by atoms with Gasteiger partial charge in [-0.2, -0.15) is 0 Å². The SMILES string of the molecule is C=C/C=C\C(=C/CC)OC(C)C. The highest BCUT2D eigenvalue weighted by Crippen LogP contribution is 2.05. The van der Waals surface area contributed by atoms with Crippen LogP contribution in [-0.4, -0.2) is 6.10 Å². The highest BCUT2D eigenvalue weighted by atomic mass is 16.5. The predicted octanol–water partition coefficient (Wildman–Crippen LogP) is 3.45. The lowest BCUT2D eigenvalue weighted by atomic mass is 10.3. The smallest absolute Gasteiger partial charge is 0.115 e. The van der Waals surface area contributed by atoms with Crippen LogP contribution in [0.4, 0.5) is 0 Å². The molecule has 0 bridgehead atoms. The normalized spacial score (nSPS) is 12.5. The molecule has 0 radical (unpaired) electrons. The lowest BCUT2D eigenvalue weighted by Gasteiger charge is -2.09. The molecule has 0 saturated carbocycles. The summed E-state index contributed by atoms with van der Waals surface area (Å²) in [7, 11) is 0. The molecule has 68 valence electrons. The molecule has 0 fully saturated rings. The average molecular weight is 166 g/mol. The summed E-state index contributed by atoms with van der Waals surface area (Å²) >= 11 is 0. The van der Waals surface area contributed by atoms with Gasteiger partial charge in [0.2, 0.25) is 0 Å². The molecule has 1 heteroatoms. The van der Waals surface area contributed by atoms with Gasteiger partial charge in [0.05, 0.1) is 6.10 Å². The van der Waals surface area contributed by atoms with E-state index >= 15 is 0 Å². The second-order valence-corrected chi connectivity index (χ2v) is 2.78. The van der Waals surface area contributed by atoms with E-state index in [-0.39, 0.29) is 6.10 Å². The van der Waals surface area contributed by atoms with Crippen molar-refractivity contribution in [1.82, 2.24) is 0 Å². The molecule has 0 saturated heterocycles. The van der Waals surface area contributed by atoms with Crippen molar-refractivity contribution in [2.45, 2.75) is 33.3 Å². The van der Waals surface area contributed by atoms with Crippen LogP contribution in [0.25, 0.3) is 0 Å². The second kappa shape index (κ2) is 6.71. The average Bonchev–Trinajstić information content (AvgIpc) is 2.00. The Kier molecular flexibility index (Phi) is 6.16. The lowest BCUT2D eigenvalue weighted by molar-refractivity contribution is 0.157. The van der Waals surface area contributed by atoms with E-state index in [4.69, 9.17) is 4.74 Å². The maximum atomic E-state index is 5.52. The zero-order chi connectivity index (χ0) is 9.40. The minimum Gasteiger partial charge on any atom is -0.491 e. The van der Waals surface area contributed by atoms with Crippen molar-refractivity contribution in [2.75, 3.05) is 0 Å². The van der Waals surface area contributed by atoms with Crippen molar-refractivity contribution >= 4 is 0 Å². The summed E-state index contributed by atoms with van der Waals surface area (Å²) in [6.45, 7) is 9.73. The van der Waals surface area contributed by atoms with Crippen molar-refractivity contribution in [3.63, 3.8) is 0 Å². The van der Waals surface area contributed by atoms with Gasteiger partial charge in [-0.25, -0.2) is 0 Å². The van der Waals surface area contributed by atoms with Crippen LogP contribution in [0, 0.1) is 0 Å². The van der Waals surface area contributed by atoms with Crippen LogP contribution in [0.3, 0.4) is 0 Å². The minimum atomic E-state index is 0.234. The molecule has 0 aliphatic heterocycles. The van der Waals surface area contributed by atoms with Crippen molar-refractivity contribution in [1.29, 1.82) is 0 Å². The fourth-order valence-corrected chi connectivity index (χ4v) is 0.792. The topological polar surface area (TPSA) is 9.23 Å². The summed E-state index contributed by atoms with van der Waals surface area (Å²) in [4.78, 5) is 0. The first-order valence-corrected chi connectivity index (χ1v) is 4.36. The summed E-state index contributed by atoms with van der Waals surface area (Å²) in [6, 6.07) is 0. The van der Waals surface area contributed by atoms with Crippen LogP contribution >= 0.6 is 0 Å². The molecule has 0 amide bonds. The first kappa shape index (κ1) is 11.0. The maximum absolute atomic E-state index is 5.52. The van der Waals surface area contributed by atoms with E-state index in [1.807, 2.05) is 26.0 Å². The Morgan fingerprint density at radius 1 is 1.50 bits per heavy atom. The van der Waals surface area contributed by atoms with Crippen LogP contribution in [-0.2, 0) is 4.74 Å². The molecule has 0 rings (SSSR count). The van der Waals surface area contributed by atoms with E-state index in [0.29, 0.717) is 0 Å². The zero-order valence-corrected chi connectivity index (χ0v) is 8.21. The molecule has 0 aromatic heterocycles. The van der Waals surface area contributed by atoms with Gasteiger partial charge in [-0.15, -0.1) is 0 Å². The minimum absolute atomic E-state index is 0.234. The van der Waals surface area contributed by atoms with Crippen LogP contribution in [0.15, 0.2) is 36.6 Å². The summed E-state index contributed by atoms with van der Waals surface area (Å²) in [5.41, 5.74) is 0. The number of hydrogen-bond donors (Lipinski definition) is 0. The van der Waals surface area contributed by atoms with Crippen LogP contribution in [0.1, 0.15) is 27.2 Å². The Labute approximate surface area is 75.4 Å². The standard InChI is InChI=1S/C11H18O/c1-5-7-9-11(8-6-2)12-10(3)4/h5,7-10H,1,6H2,2-4H3/b9-7-,11-8+. The summed E-state index contributed by atoms with van der Waals surface area (Å²) in [5, 5.41) is 0. The van der Waals surface area contributed by atoms with E-state index in [9.17, 15) is 0 Å². The first-order chi connectivity index (χ1) is 5.70. The number of allylic oxidation sites excluding steroid dienone is 4.